The summed E-state index contributed by atoms with van der Waals surface area (Å²) in [5.74, 6) is -1.05. The first-order valence-corrected chi connectivity index (χ1v) is 18.3. The number of fused-ring (bicyclic) bond motifs is 3. The Kier molecular flexibility index (Phi) is 12.5. The van der Waals surface area contributed by atoms with E-state index in [1.165, 1.54) is 0 Å². The first-order chi connectivity index (χ1) is 22.8. The molecule has 280 valence electrons. The van der Waals surface area contributed by atoms with E-state index in [1.807, 2.05) is 37.4 Å². The number of aliphatic hydroxyl groups excluding tert-OH is 1. The minimum absolute atomic E-state index is 0.0966. The molecule has 3 saturated heterocycles. The molecule has 1 N–H and O–H groups in total. The molecule has 1 spiro atoms. The molecule has 49 heavy (non-hydrogen) atoms. The maximum atomic E-state index is 14.3. The van der Waals surface area contributed by atoms with E-state index in [1.54, 1.807) is 27.9 Å². The lowest BCUT2D eigenvalue weighted by atomic mass is 9.74. The van der Waals surface area contributed by atoms with Crippen molar-refractivity contribution in [1.29, 1.82) is 0 Å². The molecule has 4 rings (SSSR count). The number of ketones is 1. The van der Waals surface area contributed by atoms with E-state index >= 15 is 0 Å². The van der Waals surface area contributed by atoms with Gasteiger partial charge in [-0.3, -0.25) is 19.3 Å². The predicted molar refractivity (Wildman–Crippen MR) is 186 cm³/mol. The molecule has 12 nitrogen and oxygen atoms in total. The lowest BCUT2D eigenvalue weighted by molar-refractivity contribution is -0.473. The summed E-state index contributed by atoms with van der Waals surface area (Å²) in [7, 11) is 9.54. The van der Waals surface area contributed by atoms with Crippen LogP contribution < -0.4 is 0 Å². The molecule has 1 aliphatic carbocycles. The molecule has 0 aromatic heterocycles. The Labute approximate surface area is 294 Å². The number of aliphatic hydroxyl groups is 1. The molecule has 0 bridgehead atoms. The van der Waals surface area contributed by atoms with Crippen molar-refractivity contribution in [3.63, 3.8) is 0 Å². The number of cyclic esters (lactones) is 1. The zero-order valence-electron chi connectivity index (χ0n) is 32.3. The quantitative estimate of drug-likeness (QED) is 0.230. The van der Waals surface area contributed by atoms with Crippen molar-refractivity contribution in [3.8, 4) is 0 Å². The Morgan fingerprint density at radius 3 is 2.31 bits per heavy atom. The van der Waals surface area contributed by atoms with Gasteiger partial charge in [0, 0.05) is 50.9 Å². The van der Waals surface area contributed by atoms with Crippen LogP contribution in [0.2, 0.25) is 0 Å². The maximum absolute atomic E-state index is 14.3. The van der Waals surface area contributed by atoms with Crippen molar-refractivity contribution in [1.82, 2.24) is 14.7 Å². The third kappa shape index (κ3) is 7.94. The number of amides is 1. The number of nitrogens with zero attached hydrogens (tertiary/aromatic N) is 4. The van der Waals surface area contributed by atoms with Gasteiger partial charge >= 0.3 is 5.97 Å². The van der Waals surface area contributed by atoms with Gasteiger partial charge in [0.05, 0.1) is 29.8 Å². The van der Waals surface area contributed by atoms with Gasteiger partial charge in [-0.25, -0.2) is 4.58 Å². The summed E-state index contributed by atoms with van der Waals surface area (Å²) in [6, 6.07) is 0. The van der Waals surface area contributed by atoms with Crippen molar-refractivity contribution < 1.29 is 43.0 Å². The number of piperidine rings is 1. The van der Waals surface area contributed by atoms with Crippen LogP contribution in [0.5, 0.6) is 0 Å². The van der Waals surface area contributed by atoms with E-state index in [4.69, 9.17) is 18.9 Å². The molecule has 0 aromatic rings. The Morgan fingerprint density at radius 1 is 1.10 bits per heavy atom. The van der Waals surface area contributed by atoms with Crippen LogP contribution in [0.3, 0.4) is 0 Å². The average molecular weight is 694 g/mol. The number of rotatable bonds is 8. The number of ether oxygens (including phenoxy) is 4. The fourth-order valence-corrected chi connectivity index (χ4v) is 8.91. The zero-order valence-corrected chi connectivity index (χ0v) is 32.3. The van der Waals surface area contributed by atoms with Crippen LogP contribution >= 0.6 is 0 Å². The fraction of sp³-hybridized carbons (Fsp3) is 0.892. The van der Waals surface area contributed by atoms with E-state index < -0.39 is 46.9 Å². The van der Waals surface area contributed by atoms with Crippen LogP contribution in [-0.2, 0) is 33.3 Å². The highest BCUT2D eigenvalue weighted by molar-refractivity contribution is 6.04. The van der Waals surface area contributed by atoms with E-state index in [0.29, 0.717) is 38.9 Å². The molecule has 3 unspecified atom stereocenters. The van der Waals surface area contributed by atoms with Crippen molar-refractivity contribution in [2.45, 2.75) is 110 Å². The maximum Gasteiger partial charge on any atom is 0.319 e. The summed E-state index contributed by atoms with van der Waals surface area (Å²) in [4.78, 5) is 47.8. The van der Waals surface area contributed by atoms with E-state index in [-0.39, 0.29) is 42.2 Å². The van der Waals surface area contributed by atoms with Crippen LogP contribution in [0.1, 0.15) is 74.1 Å². The monoisotopic (exact) mass is 693 g/mol. The van der Waals surface area contributed by atoms with Crippen LogP contribution in [-0.4, -0.2) is 158 Å². The average Bonchev–Trinajstić information content (AvgIpc) is 3.39. The van der Waals surface area contributed by atoms with Gasteiger partial charge in [-0.1, -0.05) is 20.8 Å². The van der Waals surface area contributed by atoms with Crippen molar-refractivity contribution >= 4 is 23.4 Å². The number of carbonyl (C=O) groups is 3. The summed E-state index contributed by atoms with van der Waals surface area (Å²) >= 11 is 0. The summed E-state index contributed by atoms with van der Waals surface area (Å²) in [6.45, 7) is 17.1. The lowest BCUT2D eigenvalue weighted by Crippen LogP contribution is -2.57. The van der Waals surface area contributed by atoms with Gasteiger partial charge in [0.1, 0.15) is 26.1 Å². The third-order valence-corrected chi connectivity index (χ3v) is 12.2. The standard InChI is InChI=1S/C37H65N4O8/c1-13-39(10)16-14-15-29(42)41-20-26-27(21-41)37(26)22-47-34(45)35(5,6)31(44)25(4)32(36(7,46-12)18-23(2)19-40(37)11)49-33-30(43)28(38(8)9)17-24(3)48-33/h23-27,30,32-33,43H,13-22H2,1-12H3/q+1/t23-,24-,25+,26?,27?,30-,32?,33+,36-,37?/m1/s1. The fourth-order valence-electron chi connectivity index (χ4n) is 8.91. The number of hydrogen-bond donors (Lipinski definition) is 1. The number of esters is 1. The van der Waals surface area contributed by atoms with Gasteiger partial charge in [0.25, 0.3) is 0 Å². The minimum atomic E-state index is -1.47. The molecule has 1 amide bonds. The molecule has 3 heterocycles. The normalized spacial score (nSPS) is 38.9. The van der Waals surface area contributed by atoms with E-state index in [0.717, 1.165) is 25.2 Å². The number of methoxy groups -OCH3 is 1. The molecule has 3 aliphatic heterocycles. The van der Waals surface area contributed by atoms with Gasteiger partial charge < -0.3 is 33.9 Å². The second kappa shape index (κ2) is 15.3. The predicted octanol–water partition coefficient (Wildman–Crippen LogP) is 2.29. The number of likely N-dealkylation sites (tertiary alicyclic amines) is 1. The van der Waals surface area contributed by atoms with Crippen molar-refractivity contribution in [2.24, 2.45) is 29.1 Å². The molecule has 9 atom stereocenters. The van der Waals surface area contributed by atoms with Crippen molar-refractivity contribution in [3.05, 3.63) is 0 Å². The number of Topliss-reactive ketones (excluding diaryl/α,β-unsaturated/α-hetero) is 1. The molecule has 0 radical (unpaired) electrons. The van der Waals surface area contributed by atoms with Gasteiger partial charge in [-0.2, -0.15) is 0 Å². The zero-order chi connectivity index (χ0) is 36.6. The second-order valence-corrected chi connectivity index (χ2v) is 16.5. The van der Waals surface area contributed by atoms with Crippen LogP contribution in [0.4, 0.5) is 0 Å². The number of carbonyl (C=O) groups excluding carboxylic acids is 3. The van der Waals surface area contributed by atoms with Gasteiger partial charge in [0.15, 0.2) is 23.9 Å². The first-order valence-electron chi connectivity index (χ1n) is 18.3. The summed E-state index contributed by atoms with van der Waals surface area (Å²) in [6.07, 6.45) is -0.625. The van der Waals surface area contributed by atoms with Gasteiger partial charge in [0.2, 0.25) is 5.91 Å². The Hall–Kier alpha value is -1.96. The molecule has 12 heteroatoms. The molecule has 1 saturated carbocycles. The van der Waals surface area contributed by atoms with Gasteiger partial charge in [-0.15, -0.1) is 0 Å². The summed E-state index contributed by atoms with van der Waals surface area (Å²) < 4.78 is 27.0. The largest absolute Gasteiger partial charge is 0.463 e. The highest BCUT2D eigenvalue weighted by atomic mass is 16.7. The number of likely N-dealkylation sites (N-methyl/N-ethyl adjacent to an activating group) is 1. The molecule has 0 aromatic carbocycles. The first kappa shape index (κ1) is 39.8. The second-order valence-electron chi connectivity index (χ2n) is 16.5. The highest BCUT2D eigenvalue weighted by Gasteiger charge is 2.71. The molecule has 4 fully saturated rings. The minimum Gasteiger partial charge on any atom is -0.463 e. The topological polar surface area (TPSA) is 121 Å². The van der Waals surface area contributed by atoms with Crippen molar-refractivity contribution in [2.75, 3.05) is 74.6 Å². The molecular weight excluding hydrogens is 628 g/mol. The number of hydrogen-bond acceptors (Lipinski definition) is 10. The highest BCUT2D eigenvalue weighted by Crippen LogP contribution is 2.59. The Morgan fingerprint density at radius 2 is 1.73 bits per heavy atom. The smallest absolute Gasteiger partial charge is 0.319 e. The van der Waals surface area contributed by atoms with Crippen LogP contribution in [0.25, 0.3) is 0 Å². The van der Waals surface area contributed by atoms with Crippen LogP contribution in [0, 0.1) is 29.1 Å². The summed E-state index contributed by atoms with van der Waals surface area (Å²) in [5, 5.41) is 11.3. The Bertz CT molecular complexity index is 1240. The molecular formula is C37H65N4O8+. The summed E-state index contributed by atoms with van der Waals surface area (Å²) in [5.41, 5.74) is -2.05. The van der Waals surface area contributed by atoms with Gasteiger partial charge in [-0.05, 0) is 73.6 Å². The third-order valence-electron chi connectivity index (χ3n) is 12.2. The van der Waals surface area contributed by atoms with E-state index in [2.05, 4.69) is 37.7 Å². The Balaban J connectivity index is 1.59. The van der Waals surface area contributed by atoms with Crippen LogP contribution in [0.15, 0.2) is 0 Å². The van der Waals surface area contributed by atoms with E-state index in [9.17, 15) is 19.5 Å². The SMILES string of the molecule is CCN(C)CCCC(=O)N1CC2C(C1)C21COC(=O)C(C)(C)C(=O)[C@H](C)C(O[C@@H]2O[C@H](C)CC(=[N+](C)C)[C@H]2O)[C@](C)(OC)C[C@@H](C)CN1C. The molecule has 4 aliphatic rings. The lowest BCUT2D eigenvalue weighted by Gasteiger charge is -2.45.